The zero-order valence-corrected chi connectivity index (χ0v) is 9.21. The fraction of sp³-hybridized carbons (Fsp3) is 0.364. The molecule has 0 aromatic heterocycles. The number of hydrogen-bond acceptors (Lipinski definition) is 2. The topological polar surface area (TPSA) is 55.1 Å². The number of carbonyl (C=O) groups is 1. The second-order valence-corrected chi connectivity index (χ2v) is 3.66. The van der Waals surface area contributed by atoms with Crippen molar-refractivity contribution in [3.63, 3.8) is 0 Å². The van der Waals surface area contributed by atoms with Gasteiger partial charge in [-0.1, -0.05) is 18.2 Å². The lowest BCUT2D eigenvalue weighted by atomic mass is 10.1. The Hall–Kier alpha value is -1.56. The third-order valence-electron chi connectivity index (χ3n) is 2.35. The van der Waals surface area contributed by atoms with E-state index in [4.69, 9.17) is 5.73 Å². The van der Waals surface area contributed by atoms with Crippen LogP contribution in [-0.2, 0) is 17.5 Å². The predicted molar refractivity (Wildman–Crippen MR) is 56.9 cm³/mol. The largest absolute Gasteiger partial charge is 0.416 e. The van der Waals surface area contributed by atoms with Crippen molar-refractivity contribution in [1.29, 1.82) is 0 Å². The number of amides is 1. The zero-order chi connectivity index (χ0) is 13.1. The molecular formula is C11H13F3N2O. The lowest BCUT2D eigenvalue weighted by Gasteiger charge is -2.15. The van der Waals surface area contributed by atoms with Crippen LogP contribution in [0.2, 0.25) is 0 Å². The Morgan fingerprint density at radius 3 is 2.53 bits per heavy atom. The molecule has 0 saturated carbocycles. The van der Waals surface area contributed by atoms with Gasteiger partial charge in [0.25, 0.3) is 0 Å². The van der Waals surface area contributed by atoms with Gasteiger partial charge in [-0.3, -0.25) is 4.79 Å². The molecule has 0 bridgehead atoms. The molecule has 0 aliphatic carbocycles. The third kappa shape index (κ3) is 3.74. The molecule has 0 heterocycles. The maximum atomic E-state index is 12.6. The van der Waals surface area contributed by atoms with Gasteiger partial charge in [0.1, 0.15) is 0 Å². The summed E-state index contributed by atoms with van der Waals surface area (Å²) in [4.78, 5) is 10.7. The number of benzene rings is 1. The molecule has 17 heavy (non-hydrogen) atoms. The fourth-order valence-electron chi connectivity index (χ4n) is 1.31. The second-order valence-electron chi connectivity index (χ2n) is 3.66. The second kappa shape index (κ2) is 5.18. The summed E-state index contributed by atoms with van der Waals surface area (Å²) in [6.45, 7) is 1.44. The number of primary amides is 1. The summed E-state index contributed by atoms with van der Waals surface area (Å²) in [5, 5.41) is 2.64. The van der Waals surface area contributed by atoms with Crippen LogP contribution in [0, 0.1) is 0 Å². The van der Waals surface area contributed by atoms with Gasteiger partial charge in [-0.05, 0) is 18.6 Å². The average molecular weight is 246 g/mol. The van der Waals surface area contributed by atoms with E-state index in [1.54, 1.807) is 0 Å². The highest BCUT2D eigenvalue weighted by Crippen LogP contribution is 2.31. The summed E-state index contributed by atoms with van der Waals surface area (Å²) in [6, 6.07) is 4.54. The summed E-state index contributed by atoms with van der Waals surface area (Å²) >= 11 is 0. The molecule has 94 valence electrons. The monoisotopic (exact) mass is 246 g/mol. The van der Waals surface area contributed by atoms with Crippen LogP contribution in [0.3, 0.4) is 0 Å². The molecular weight excluding hydrogens is 233 g/mol. The van der Waals surface area contributed by atoms with Crippen molar-refractivity contribution in [3.05, 3.63) is 35.4 Å². The van der Waals surface area contributed by atoms with Crippen LogP contribution >= 0.6 is 0 Å². The molecule has 0 spiro atoms. The molecule has 0 fully saturated rings. The van der Waals surface area contributed by atoms with Crippen LogP contribution in [0.1, 0.15) is 18.1 Å². The first kappa shape index (κ1) is 13.5. The van der Waals surface area contributed by atoms with E-state index in [1.165, 1.54) is 25.1 Å². The van der Waals surface area contributed by atoms with Gasteiger partial charge in [0.2, 0.25) is 5.91 Å². The molecule has 0 radical (unpaired) electrons. The van der Waals surface area contributed by atoms with Crippen molar-refractivity contribution in [2.45, 2.75) is 25.7 Å². The summed E-state index contributed by atoms with van der Waals surface area (Å²) in [5.74, 6) is -0.602. The van der Waals surface area contributed by atoms with Gasteiger partial charge in [0, 0.05) is 6.54 Å². The number of nitrogens with one attached hydrogen (secondary N) is 1. The molecule has 3 N–H and O–H groups in total. The van der Waals surface area contributed by atoms with Crippen LogP contribution in [-0.4, -0.2) is 11.9 Å². The molecule has 0 saturated heterocycles. The summed E-state index contributed by atoms with van der Waals surface area (Å²) in [5.41, 5.74) is 4.39. The maximum Gasteiger partial charge on any atom is 0.416 e. The highest BCUT2D eigenvalue weighted by molar-refractivity contribution is 5.79. The minimum Gasteiger partial charge on any atom is -0.368 e. The number of alkyl halides is 3. The first-order chi connectivity index (χ1) is 7.82. The minimum absolute atomic E-state index is 0.0558. The Bertz CT molecular complexity index is 404. The van der Waals surface area contributed by atoms with E-state index in [1.807, 2.05) is 0 Å². The summed E-state index contributed by atoms with van der Waals surface area (Å²) < 4.78 is 37.8. The Labute approximate surface area is 96.8 Å². The molecule has 6 heteroatoms. The number of nitrogens with two attached hydrogens (primary N) is 1. The molecule has 0 aliphatic heterocycles. The third-order valence-corrected chi connectivity index (χ3v) is 2.35. The van der Waals surface area contributed by atoms with Crippen molar-refractivity contribution in [1.82, 2.24) is 5.32 Å². The number of hydrogen-bond donors (Lipinski definition) is 2. The Morgan fingerprint density at radius 2 is 2.00 bits per heavy atom. The lowest BCUT2D eigenvalue weighted by molar-refractivity contribution is -0.138. The normalized spacial score (nSPS) is 13.4. The van der Waals surface area contributed by atoms with Crippen LogP contribution in [0.4, 0.5) is 13.2 Å². The molecule has 1 amide bonds. The van der Waals surface area contributed by atoms with Gasteiger partial charge in [0.05, 0.1) is 11.6 Å². The predicted octanol–water partition coefficient (Wildman–Crippen LogP) is 1.67. The van der Waals surface area contributed by atoms with Gasteiger partial charge in [-0.25, -0.2) is 0 Å². The molecule has 1 atom stereocenters. The SMILES string of the molecule is CC(NCc1ccccc1C(F)(F)F)C(N)=O. The molecule has 1 unspecified atom stereocenters. The average Bonchev–Trinajstić information content (AvgIpc) is 2.24. The Kier molecular flexibility index (Phi) is 4.11. The maximum absolute atomic E-state index is 12.6. The van der Waals surface area contributed by atoms with E-state index in [0.717, 1.165) is 6.07 Å². The quantitative estimate of drug-likeness (QED) is 0.849. The summed E-state index contributed by atoms with van der Waals surface area (Å²) in [7, 11) is 0. The van der Waals surface area contributed by atoms with Crippen molar-refractivity contribution < 1.29 is 18.0 Å². The Balaban J connectivity index is 2.81. The molecule has 1 aromatic carbocycles. The highest BCUT2D eigenvalue weighted by atomic mass is 19.4. The number of carbonyl (C=O) groups excluding carboxylic acids is 1. The van der Waals surface area contributed by atoms with E-state index < -0.39 is 23.7 Å². The van der Waals surface area contributed by atoms with Crippen LogP contribution in [0.5, 0.6) is 0 Å². The smallest absolute Gasteiger partial charge is 0.368 e. The van der Waals surface area contributed by atoms with Crippen molar-refractivity contribution in [3.8, 4) is 0 Å². The van der Waals surface area contributed by atoms with Gasteiger partial charge >= 0.3 is 6.18 Å². The van der Waals surface area contributed by atoms with E-state index in [0.29, 0.717) is 0 Å². The van der Waals surface area contributed by atoms with E-state index in [2.05, 4.69) is 5.32 Å². The van der Waals surface area contributed by atoms with Crippen LogP contribution in [0.15, 0.2) is 24.3 Å². The molecule has 1 rings (SSSR count). The molecule has 1 aromatic rings. The zero-order valence-electron chi connectivity index (χ0n) is 9.21. The number of rotatable bonds is 4. The van der Waals surface area contributed by atoms with Crippen LogP contribution < -0.4 is 11.1 Å². The lowest BCUT2D eigenvalue weighted by Crippen LogP contribution is -2.38. The Morgan fingerprint density at radius 1 is 1.41 bits per heavy atom. The van der Waals surface area contributed by atoms with Gasteiger partial charge < -0.3 is 11.1 Å². The first-order valence-corrected chi connectivity index (χ1v) is 5.00. The molecule has 0 aliphatic rings. The fourth-order valence-corrected chi connectivity index (χ4v) is 1.31. The standard InChI is InChI=1S/C11H13F3N2O/c1-7(10(15)17)16-6-8-4-2-3-5-9(8)11(12,13)14/h2-5,7,16H,6H2,1H3,(H2,15,17). The van der Waals surface area contributed by atoms with Gasteiger partial charge in [0.15, 0.2) is 0 Å². The van der Waals surface area contributed by atoms with Gasteiger partial charge in [-0.15, -0.1) is 0 Å². The van der Waals surface area contributed by atoms with Crippen LogP contribution in [0.25, 0.3) is 0 Å². The van der Waals surface area contributed by atoms with E-state index in [9.17, 15) is 18.0 Å². The van der Waals surface area contributed by atoms with Crippen molar-refractivity contribution >= 4 is 5.91 Å². The number of halogens is 3. The van der Waals surface area contributed by atoms with E-state index >= 15 is 0 Å². The van der Waals surface area contributed by atoms with Crippen molar-refractivity contribution in [2.24, 2.45) is 5.73 Å². The highest BCUT2D eigenvalue weighted by Gasteiger charge is 2.32. The van der Waals surface area contributed by atoms with Crippen molar-refractivity contribution in [2.75, 3.05) is 0 Å². The molecule has 3 nitrogen and oxygen atoms in total. The van der Waals surface area contributed by atoms with E-state index in [-0.39, 0.29) is 12.1 Å². The summed E-state index contributed by atoms with van der Waals surface area (Å²) in [6.07, 6.45) is -4.39. The van der Waals surface area contributed by atoms with Gasteiger partial charge in [-0.2, -0.15) is 13.2 Å². The first-order valence-electron chi connectivity index (χ1n) is 5.00. The minimum atomic E-state index is -4.39.